The SMILES string of the molecule is CCOc1cc(CNC(C)CCc2ccccc2)ccc1OCc1ccccc1Cl. The van der Waals surface area contributed by atoms with E-state index in [-0.39, 0.29) is 0 Å². The fraction of sp³-hybridized carbons (Fsp3) is 0.308. The Hall–Kier alpha value is -2.49. The van der Waals surface area contributed by atoms with E-state index in [4.69, 9.17) is 21.1 Å². The smallest absolute Gasteiger partial charge is 0.161 e. The van der Waals surface area contributed by atoms with E-state index in [1.54, 1.807) is 0 Å². The minimum Gasteiger partial charge on any atom is -0.490 e. The second kappa shape index (κ2) is 11.6. The second-order valence-electron chi connectivity index (χ2n) is 7.40. The molecule has 3 aromatic carbocycles. The van der Waals surface area contributed by atoms with Gasteiger partial charge in [-0.1, -0.05) is 66.2 Å². The molecule has 1 N–H and O–H groups in total. The first-order valence-corrected chi connectivity index (χ1v) is 10.9. The zero-order valence-corrected chi connectivity index (χ0v) is 18.5. The lowest BCUT2D eigenvalue weighted by molar-refractivity contribution is 0.269. The summed E-state index contributed by atoms with van der Waals surface area (Å²) in [7, 11) is 0. The van der Waals surface area contributed by atoms with E-state index in [9.17, 15) is 0 Å². The molecule has 0 spiro atoms. The summed E-state index contributed by atoms with van der Waals surface area (Å²) in [6.45, 7) is 6.00. The lowest BCUT2D eigenvalue weighted by Gasteiger charge is -2.16. The summed E-state index contributed by atoms with van der Waals surface area (Å²) in [5.74, 6) is 1.50. The molecule has 0 aromatic heterocycles. The molecule has 0 saturated heterocycles. The monoisotopic (exact) mass is 423 g/mol. The van der Waals surface area contributed by atoms with E-state index in [1.165, 1.54) is 11.1 Å². The number of hydrogen-bond donors (Lipinski definition) is 1. The van der Waals surface area contributed by atoms with Gasteiger partial charge < -0.3 is 14.8 Å². The van der Waals surface area contributed by atoms with E-state index < -0.39 is 0 Å². The number of nitrogens with one attached hydrogen (secondary N) is 1. The molecule has 0 bridgehead atoms. The molecule has 0 amide bonds. The normalized spacial score (nSPS) is 11.8. The molecule has 1 unspecified atom stereocenters. The number of rotatable bonds is 11. The van der Waals surface area contributed by atoms with Crippen molar-refractivity contribution in [2.75, 3.05) is 6.61 Å². The van der Waals surface area contributed by atoms with Gasteiger partial charge in [0.2, 0.25) is 0 Å². The van der Waals surface area contributed by atoms with Crippen LogP contribution in [-0.2, 0) is 19.6 Å². The predicted molar refractivity (Wildman–Crippen MR) is 124 cm³/mol. The summed E-state index contributed by atoms with van der Waals surface area (Å²) in [6, 6.07) is 24.9. The van der Waals surface area contributed by atoms with Crippen molar-refractivity contribution in [2.24, 2.45) is 0 Å². The lowest BCUT2D eigenvalue weighted by Crippen LogP contribution is -2.26. The molecule has 0 aliphatic rings. The lowest BCUT2D eigenvalue weighted by atomic mass is 10.1. The van der Waals surface area contributed by atoms with Crippen molar-refractivity contribution in [3.63, 3.8) is 0 Å². The molecule has 30 heavy (non-hydrogen) atoms. The van der Waals surface area contributed by atoms with Crippen LogP contribution in [0.5, 0.6) is 11.5 Å². The van der Waals surface area contributed by atoms with Crippen LogP contribution in [0.4, 0.5) is 0 Å². The minimum atomic E-state index is 0.411. The maximum atomic E-state index is 6.23. The van der Waals surface area contributed by atoms with Gasteiger partial charge >= 0.3 is 0 Å². The fourth-order valence-corrected chi connectivity index (χ4v) is 3.43. The van der Waals surface area contributed by atoms with Gasteiger partial charge in [0.25, 0.3) is 0 Å². The highest BCUT2D eigenvalue weighted by molar-refractivity contribution is 6.31. The van der Waals surface area contributed by atoms with E-state index >= 15 is 0 Å². The highest BCUT2D eigenvalue weighted by atomic mass is 35.5. The van der Waals surface area contributed by atoms with Crippen LogP contribution in [0, 0.1) is 0 Å². The molecule has 1 atom stereocenters. The summed E-state index contributed by atoms with van der Waals surface area (Å²) in [6.07, 6.45) is 2.18. The molecule has 0 aliphatic carbocycles. The van der Waals surface area contributed by atoms with Crippen molar-refractivity contribution < 1.29 is 9.47 Å². The van der Waals surface area contributed by atoms with Crippen LogP contribution < -0.4 is 14.8 Å². The van der Waals surface area contributed by atoms with Crippen LogP contribution in [0.15, 0.2) is 72.8 Å². The molecule has 0 radical (unpaired) electrons. The molecule has 0 aliphatic heterocycles. The fourth-order valence-electron chi connectivity index (χ4n) is 3.24. The van der Waals surface area contributed by atoms with Gasteiger partial charge in [-0.15, -0.1) is 0 Å². The topological polar surface area (TPSA) is 30.5 Å². The van der Waals surface area contributed by atoms with Crippen LogP contribution in [-0.4, -0.2) is 12.6 Å². The molecule has 0 heterocycles. The largest absolute Gasteiger partial charge is 0.490 e. The minimum absolute atomic E-state index is 0.411. The third-order valence-corrected chi connectivity index (χ3v) is 5.38. The Kier molecular flexibility index (Phi) is 8.61. The summed E-state index contributed by atoms with van der Waals surface area (Å²) in [5.41, 5.74) is 3.51. The average molecular weight is 424 g/mol. The third kappa shape index (κ3) is 6.79. The van der Waals surface area contributed by atoms with Gasteiger partial charge in [0.1, 0.15) is 6.61 Å². The van der Waals surface area contributed by atoms with Gasteiger partial charge in [-0.25, -0.2) is 0 Å². The van der Waals surface area contributed by atoms with Crippen LogP contribution >= 0.6 is 11.6 Å². The Labute approximate surface area is 185 Å². The van der Waals surface area contributed by atoms with Crippen molar-refractivity contribution >= 4 is 11.6 Å². The number of hydrogen-bond acceptors (Lipinski definition) is 3. The van der Waals surface area contributed by atoms with Crippen LogP contribution in [0.3, 0.4) is 0 Å². The zero-order valence-electron chi connectivity index (χ0n) is 17.7. The summed E-state index contributed by atoms with van der Waals surface area (Å²) < 4.78 is 11.8. The highest BCUT2D eigenvalue weighted by Crippen LogP contribution is 2.30. The Morgan fingerprint density at radius 2 is 1.63 bits per heavy atom. The van der Waals surface area contributed by atoms with Gasteiger partial charge in [0.05, 0.1) is 6.61 Å². The molecule has 0 fully saturated rings. The maximum absolute atomic E-state index is 6.23. The highest BCUT2D eigenvalue weighted by Gasteiger charge is 2.09. The van der Waals surface area contributed by atoms with E-state index in [1.807, 2.05) is 37.3 Å². The Morgan fingerprint density at radius 3 is 2.40 bits per heavy atom. The number of benzene rings is 3. The van der Waals surface area contributed by atoms with Crippen molar-refractivity contribution in [2.45, 2.75) is 45.9 Å². The van der Waals surface area contributed by atoms with E-state index in [2.05, 4.69) is 54.7 Å². The van der Waals surface area contributed by atoms with Gasteiger partial charge in [0.15, 0.2) is 11.5 Å². The number of ether oxygens (including phenoxy) is 2. The first-order valence-electron chi connectivity index (χ1n) is 10.5. The van der Waals surface area contributed by atoms with Gasteiger partial charge in [-0.2, -0.15) is 0 Å². The van der Waals surface area contributed by atoms with Crippen LogP contribution in [0.2, 0.25) is 5.02 Å². The van der Waals surface area contributed by atoms with E-state index in [0.717, 1.165) is 36.4 Å². The third-order valence-electron chi connectivity index (χ3n) is 5.01. The van der Waals surface area contributed by atoms with E-state index in [0.29, 0.717) is 24.3 Å². The average Bonchev–Trinajstić information content (AvgIpc) is 2.77. The van der Waals surface area contributed by atoms with Crippen molar-refractivity contribution in [3.05, 3.63) is 94.5 Å². The molecular weight excluding hydrogens is 394 g/mol. The summed E-state index contributed by atoms with van der Waals surface area (Å²) in [4.78, 5) is 0. The first-order chi connectivity index (χ1) is 14.7. The molecule has 4 heteroatoms. The summed E-state index contributed by atoms with van der Waals surface area (Å²) >= 11 is 6.23. The van der Waals surface area contributed by atoms with Gasteiger partial charge in [-0.05, 0) is 56.0 Å². The molecule has 158 valence electrons. The maximum Gasteiger partial charge on any atom is 0.161 e. The number of aryl methyl sites for hydroxylation is 1. The Morgan fingerprint density at radius 1 is 0.867 bits per heavy atom. The molecule has 3 nitrogen and oxygen atoms in total. The molecular formula is C26H30ClNO2. The predicted octanol–water partition coefficient (Wildman–Crippen LogP) is 6.43. The van der Waals surface area contributed by atoms with Crippen LogP contribution in [0.1, 0.15) is 37.0 Å². The van der Waals surface area contributed by atoms with Gasteiger partial charge in [0, 0.05) is 23.2 Å². The molecule has 3 aromatic rings. The Balaban J connectivity index is 1.55. The number of halogens is 1. The van der Waals surface area contributed by atoms with Crippen LogP contribution in [0.25, 0.3) is 0 Å². The Bertz CT molecular complexity index is 914. The zero-order chi connectivity index (χ0) is 21.2. The quantitative estimate of drug-likeness (QED) is 0.385. The standard InChI is InChI=1S/C26H30ClNO2/c1-3-29-26-17-22(18-28-20(2)13-14-21-9-5-4-6-10-21)15-16-25(26)30-19-23-11-7-8-12-24(23)27/h4-12,15-17,20,28H,3,13-14,18-19H2,1-2H3. The van der Waals surface area contributed by atoms with Crippen molar-refractivity contribution in [1.29, 1.82) is 0 Å². The molecule has 3 rings (SSSR count). The molecule has 0 saturated carbocycles. The summed E-state index contributed by atoms with van der Waals surface area (Å²) in [5, 5.41) is 4.32. The first kappa shape index (κ1) is 22.2. The second-order valence-corrected chi connectivity index (χ2v) is 7.81. The van der Waals surface area contributed by atoms with Gasteiger partial charge in [-0.3, -0.25) is 0 Å². The van der Waals surface area contributed by atoms with Crippen molar-refractivity contribution in [3.8, 4) is 11.5 Å². The van der Waals surface area contributed by atoms with Crippen molar-refractivity contribution in [1.82, 2.24) is 5.32 Å².